The van der Waals surface area contributed by atoms with Crippen LogP contribution in [0.15, 0.2) is 72.8 Å². The molecule has 0 heterocycles. The molecule has 0 nitrogen and oxygen atoms in total. The predicted octanol–water partition coefficient (Wildman–Crippen LogP) is 14.5. The van der Waals surface area contributed by atoms with E-state index in [4.69, 9.17) is 0 Å². The molecule has 0 bridgehead atoms. The van der Waals surface area contributed by atoms with E-state index in [2.05, 4.69) is 47.2 Å². The second-order valence-corrected chi connectivity index (χ2v) is 26.0. The maximum absolute atomic E-state index is 13.7. The number of rotatable bonds is 8. The van der Waals surface area contributed by atoms with Crippen molar-refractivity contribution >= 4 is 59.2 Å². The van der Waals surface area contributed by atoms with Crippen LogP contribution in [0.2, 0.25) is 34.3 Å². The number of hydrogen-bond acceptors (Lipinski definition) is 0. The average molecular weight is 747 g/mol. The summed E-state index contributed by atoms with van der Waals surface area (Å²) in [6.45, 7) is 16.0. The molecule has 0 aromatic heterocycles. The van der Waals surface area contributed by atoms with Crippen molar-refractivity contribution in [3.63, 3.8) is 0 Å². The van der Waals surface area contributed by atoms with Crippen LogP contribution in [0.5, 0.6) is 0 Å². The van der Waals surface area contributed by atoms with Crippen LogP contribution in [0.4, 0.5) is 26.3 Å². The molecule has 0 unspecified atom stereocenters. The van der Waals surface area contributed by atoms with Gasteiger partial charge in [-0.1, -0.05) is 116 Å². The van der Waals surface area contributed by atoms with E-state index in [1.54, 1.807) is 0 Å². The highest BCUT2D eigenvalue weighted by Crippen LogP contribution is 2.43. The Hall–Kier alpha value is -3.73. The lowest BCUT2D eigenvalue weighted by molar-refractivity contribution is -0.131. The molecule has 5 aromatic rings. The first-order valence-electron chi connectivity index (χ1n) is 18.3. The molecular formula is C44H48F6Si2. The number of alkyl halides is 6. The van der Waals surface area contributed by atoms with E-state index < -0.39 is 41.3 Å². The van der Waals surface area contributed by atoms with Crippen molar-refractivity contribution in [3.8, 4) is 22.9 Å². The van der Waals surface area contributed by atoms with E-state index in [0.29, 0.717) is 0 Å². The molecular weight excluding hydrogens is 699 g/mol. The van der Waals surface area contributed by atoms with Crippen LogP contribution >= 0.6 is 0 Å². The van der Waals surface area contributed by atoms with Gasteiger partial charge in [0.05, 0.1) is 0 Å². The SMILES string of the molecule is CC(C)[Si](C#Cc1c2cc3ccccc3cc2c(C#C[Si](CCC(F)(F)F)(C(C)C)C(C)C)c2cc3ccccc3cc12)(CCC(F)(F)F)C(C)C. The Labute approximate surface area is 306 Å². The van der Waals surface area contributed by atoms with Gasteiger partial charge in [0, 0.05) is 24.0 Å². The minimum atomic E-state index is -4.27. The van der Waals surface area contributed by atoms with Crippen molar-refractivity contribution in [2.75, 3.05) is 0 Å². The predicted molar refractivity (Wildman–Crippen MR) is 213 cm³/mol. The van der Waals surface area contributed by atoms with Gasteiger partial charge in [-0.05, 0) is 102 Å². The highest BCUT2D eigenvalue weighted by atomic mass is 28.3. The fourth-order valence-corrected chi connectivity index (χ4v) is 16.6. The summed E-state index contributed by atoms with van der Waals surface area (Å²) in [5.74, 6) is 7.11. The molecule has 0 radical (unpaired) electrons. The monoisotopic (exact) mass is 746 g/mol. The molecule has 8 heteroatoms. The molecule has 0 aliphatic carbocycles. The van der Waals surface area contributed by atoms with Crippen molar-refractivity contribution in [2.45, 2.75) is 115 Å². The first-order chi connectivity index (χ1) is 24.3. The van der Waals surface area contributed by atoms with Crippen molar-refractivity contribution in [3.05, 3.63) is 83.9 Å². The van der Waals surface area contributed by atoms with E-state index in [9.17, 15) is 26.3 Å². The molecule has 0 aliphatic rings. The van der Waals surface area contributed by atoms with E-state index >= 15 is 0 Å². The maximum atomic E-state index is 13.7. The smallest absolute Gasteiger partial charge is 0.171 e. The Morgan fingerprint density at radius 2 is 0.712 bits per heavy atom. The standard InChI is InChI=1S/C44H48F6Si2/c1-29(2)51(30(3)4,23-19-43(45,46)47)21-17-37-39-25-33-13-9-11-15-35(33)27-41(39)38(42-28-36-16-12-10-14-34(36)26-40(37)42)18-22-52(31(5)6,32(7)8)24-20-44(48,49)50/h9-16,25-32H,19-20,23-24H2,1-8H3. The quantitative estimate of drug-likeness (QED) is 0.0642. The maximum Gasteiger partial charge on any atom is 0.388 e. The summed E-state index contributed by atoms with van der Waals surface area (Å²) in [7, 11) is -5.65. The number of hydrogen-bond donors (Lipinski definition) is 0. The van der Waals surface area contributed by atoms with Crippen molar-refractivity contribution in [1.82, 2.24) is 0 Å². The van der Waals surface area contributed by atoms with Crippen LogP contribution < -0.4 is 0 Å². The fourth-order valence-electron chi connectivity index (χ4n) is 8.11. The Bertz CT molecular complexity index is 1950. The Kier molecular flexibility index (Phi) is 11.4. The average Bonchev–Trinajstić information content (AvgIpc) is 3.05. The number of benzene rings is 5. The Morgan fingerprint density at radius 1 is 0.462 bits per heavy atom. The van der Waals surface area contributed by atoms with E-state index in [1.807, 2.05) is 104 Å². The third kappa shape index (κ3) is 8.09. The van der Waals surface area contributed by atoms with Gasteiger partial charge in [0.25, 0.3) is 0 Å². The van der Waals surface area contributed by atoms with Gasteiger partial charge in [-0.3, -0.25) is 0 Å². The van der Waals surface area contributed by atoms with Gasteiger partial charge < -0.3 is 0 Å². The summed E-state index contributed by atoms with van der Waals surface area (Å²) < 4.78 is 82.2. The minimum Gasteiger partial charge on any atom is -0.171 e. The molecule has 0 N–H and O–H groups in total. The molecule has 274 valence electrons. The van der Waals surface area contributed by atoms with Crippen LogP contribution in [0.1, 0.15) is 79.4 Å². The van der Waals surface area contributed by atoms with Gasteiger partial charge in [0.2, 0.25) is 0 Å². The molecule has 5 rings (SSSR count). The van der Waals surface area contributed by atoms with Crippen LogP contribution in [-0.2, 0) is 0 Å². The van der Waals surface area contributed by atoms with Crippen LogP contribution in [0.3, 0.4) is 0 Å². The lowest BCUT2D eigenvalue weighted by atomic mass is 9.89. The van der Waals surface area contributed by atoms with Crippen LogP contribution in [0.25, 0.3) is 43.1 Å². The van der Waals surface area contributed by atoms with Gasteiger partial charge in [-0.25, -0.2) is 0 Å². The van der Waals surface area contributed by atoms with Crippen molar-refractivity contribution < 1.29 is 26.3 Å². The summed E-state index contributed by atoms with van der Waals surface area (Å²) in [4.78, 5) is 0. The summed E-state index contributed by atoms with van der Waals surface area (Å²) in [5.41, 5.74) is 8.67. The van der Waals surface area contributed by atoms with Crippen LogP contribution in [-0.4, -0.2) is 28.5 Å². The summed E-state index contributed by atoms with van der Waals surface area (Å²) in [5, 5.41) is 7.35. The van der Waals surface area contributed by atoms with Crippen molar-refractivity contribution in [1.29, 1.82) is 0 Å². The number of fused-ring (bicyclic) bond motifs is 4. The Morgan fingerprint density at radius 3 is 0.923 bits per heavy atom. The zero-order chi connectivity index (χ0) is 38.2. The van der Waals surface area contributed by atoms with Gasteiger partial charge in [0.15, 0.2) is 0 Å². The third-order valence-electron chi connectivity index (χ3n) is 11.5. The Balaban J connectivity index is 1.94. The topological polar surface area (TPSA) is 0 Å². The van der Waals surface area contributed by atoms with Gasteiger partial charge in [-0.2, -0.15) is 26.3 Å². The van der Waals surface area contributed by atoms with E-state index in [-0.39, 0.29) is 34.3 Å². The normalized spacial score (nSPS) is 13.1. The second-order valence-electron chi connectivity index (χ2n) is 15.7. The van der Waals surface area contributed by atoms with Gasteiger partial charge >= 0.3 is 12.4 Å². The third-order valence-corrected chi connectivity index (χ3v) is 23.0. The molecule has 5 aromatic carbocycles. The zero-order valence-corrected chi connectivity index (χ0v) is 33.3. The molecule has 52 heavy (non-hydrogen) atoms. The molecule has 0 saturated heterocycles. The first-order valence-corrected chi connectivity index (χ1v) is 23.0. The summed E-state index contributed by atoms with van der Waals surface area (Å²) in [6, 6.07) is 24.4. The minimum absolute atomic E-state index is 0.00599. The largest absolute Gasteiger partial charge is 0.388 e. The highest BCUT2D eigenvalue weighted by Gasteiger charge is 2.43. The number of halogens is 6. The van der Waals surface area contributed by atoms with Crippen molar-refractivity contribution in [2.24, 2.45) is 0 Å². The zero-order valence-electron chi connectivity index (χ0n) is 31.3. The molecule has 0 amide bonds. The second kappa shape index (κ2) is 15.0. The van der Waals surface area contributed by atoms with Gasteiger partial charge in [-0.15, -0.1) is 11.1 Å². The lowest BCUT2D eigenvalue weighted by Gasteiger charge is -2.34. The molecule has 0 aliphatic heterocycles. The lowest BCUT2D eigenvalue weighted by Crippen LogP contribution is -2.41. The summed E-state index contributed by atoms with van der Waals surface area (Å²) in [6.07, 6.45) is -10.3. The molecule has 0 saturated carbocycles. The molecule has 0 spiro atoms. The summed E-state index contributed by atoms with van der Waals surface area (Å²) >= 11 is 0. The fraction of sp³-hybridized carbons (Fsp3) is 0.409. The highest BCUT2D eigenvalue weighted by molar-refractivity contribution is 6.90. The molecule has 0 atom stereocenters. The van der Waals surface area contributed by atoms with E-state index in [1.165, 1.54) is 0 Å². The first kappa shape index (κ1) is 39.5. The van der Waals surface area contributed by atoms with Gasteiger partial charge in [0.1, 0.15) is 16.1 Å². The van der Waals surface area contributed by atoms with E-state index in [0.717, 1.165) is 54.2 Å². The molecule has 0 fully saturated rings. The van der Waals surface area contributed by atoms with Crippen LogP contribution in [0, 0.1) is 22.9 Å².